The van der Waals surface area contributed by atoms with Gasteiger partial charge in [0.15, 0.2) is 5.82 Å². The Morgan fingerprint density at radius 3 is 2.37 bits per heavy atom. The van der Waals surface area contributed by atoms with E-state index < -0.39 is 34.6 Å². The zero-order chi connectivity index (χ0) is 25.5. The van der Waals surface area contributed by atoms with Crippen molar-refractivity contribution in [2.75, 3.05) is 38.6 Å². The van der Waals surface area contributed by atoms with Gasteiger partial charge in [-0.1, -0.05) is 0 Å². The molecule has 0 amide bonds. The second-order valence-corrected chi connectivity index (χ2v) is 9.63. The predicted molar refractivity (Wildman–Crippen MR) is 126 cm³/mol. The summed E-state index contributed by atoms with van der Waals surface area (Å²) >= 11 is 0. The van der Waals surface area contributed by atoms with Crippen LogP contribution in [0.3, 0.4) is 0 Å². The highest BCUT2D eigenvalue weighted by Gasteiger charge is 2.37. The van der Waals surface area contributed by atoms with Gasteiger partial charge in [-0.2, -0.15) is 18.3 Å². The average molecular weight is 496 g/mol. The van der Waals surface area contributed by atoms with Crippen molar-refractivity contribution in [1.82, 2.24) is 19.7 Å². The number of fused-ring (bicyclic) bond motifs is 1. The minimum Gasteiger partial charge on any atom is -0.357 e. The van der Waals surface area contributed by atoms with E-state index in [1.807, 2.05) is 6.07 Å². The molecular formula is C25H30F5N5. The molecule has 0 bridgehead atoms. The number of nitrogens with zero attached hydrogens (tertiary/aromatic N) is 5. The summed E-state index contributed by atoms with van der Waals surface area (Å²) < 4.78 is 70.2. The van der Waals surface area contributed by atoms with Crippen molar-refractivity contribution in [1.29, 1.82) is 0 Å². The van der Waals surface area contributed by atoms with E-state index in [0.717, 1.165) is 49.9 Å². The molecule has 0 saturated carbocycles. The number of aromatic nitrogens is 3. The molecule has 0 unspecified atom stereocenters. The van der Waals surface area contributed by atoms with E-state index in [9.17, 15) is 22.0 Å². The second-order valence-electron chi connectivity index (χ2n) is 9.63. The van der Waals surface area contributed by atoms with Crippen molar-refractivity contribution in [3.8, 4) is 5.69 Å². The highest BCUT2D eigenvalue weighted by Crippen LogP contribution is 2.37. The number of anilines is 1. The molecular weight excluding hydrogens is 465 g/mol. The number of halogens is 5. The molecule has 0 aliphatic carbocycles. The first kappa shape index (κ1) is 25.3. The molecule has 3 aromatic rings. The Morgan fingerprint density at radius 2 is 1.74 bits per heavy atom. The van der Waals surface area contributed by atoms with E-state index in [0.29, 0.717) is 28.6 Å². The molecule has 1 aliphatic heterocycles. The van der Waals surface area contributed by atoms with Crippen molar-refractivity contribution in [3.05, 3.63) is 46.8 Å². The Bertz CT molecular complexity index is 1210. The van der Waals surface area contributed by atoms with Crippen LogP contribution in [0.15, 0.2) is 18.3 Å². The van der Waals surface area contributed by atoms with E-state index in [1.165, 1.54) is 19.0 Å². The van der Waals surface area contributed by atoms with Crippen molar-refractivity contribution < 1.29 is 22.0 Å². The lowest BCUT2D eigenvalue weighted by Gasteiger charge is -2.33. The lowest BCUT2D eigenvalue weighted by Crippen LogP contribution is -2.34. The molecule has 4 rings (SSSR count). The Morgan fingerprint density at radius 1 is 1.06 bits per heavy atom. The molecule has 0 atom stereocenters. The van der Waals surface area contributed by atoms with Crippen molar-refractivity contribution in [2.45, 2.75) is 45.7 Å². The van der Waals surface area contributed by atoms with E-state index in [-0.39, 0.29) is 0 Å². The summed E-state index contributed by atoms with van der Waals surface area (Å²) in [5.41, 5.74) is -1.79. The van der Waals surface area contributed by atoms with Crippen LogP contribution < -0.4 is 4.90 Å². The second kappa shape index (κ2) is 9.72. The number of aryl methyl sites for hydroxylation is 1. The molecule has 10 heteroatoms. The normalized spacial score (nSPS) is 15.5. The minimum atomic E-state index is -4.96. The number of hydrogen-bond acceptors (Lipinski definition) is 4. The van der Waals surface area contributed by atoms with E-state index in [2.05, 4.69) is 34.0 Å². The lowest BCUT2D eigenvalue weighted by atomic mass is 9.92. The first-order valence-corrected chi connectivity index (χ1v) is 11.8. The third-order valence-corrected chi connectivity index (χ3v) is 6.83. The third-order valence-electron chi connectivity index (χ3n) is 6.83. The summed E-state index contributed by atoms with van der Waals surface area (Å²) in [6.45, 7) is 5.53. The first-order chi connectivity index (χ1) is 16.5. The van der Waals surface area contributed by atoms with E-state index in [1.54, 1.807) is 6.92 Å². The predicted octanol–water partition coefficient (Wildman–Crippen LogP) is 5.89. The topological polar surface area (TPSA) is 37.2 Å². The van der Waals surface area contributed by atoms with E-state index >= 15 is 0 Å². The molecule has 1 aliphatic rings. The molecule has 3 heterocycles. The monoisotopic (exact) mass is 495 g/mol. The smallest absolute Gasteiger partial charge is 0.357 e. The van der Waals surface area contributed by atoms with Gasteiger partial charge in [-0.05, 0) is 78.2 Å². The summed E-state index contributed by atoms with van der Waals surface area (Å²) in [6.07, 6.45) is 1.07. The number of alkyl halides is 3. The Labute approximate surface area is 201 Å². The van der Waals surface area contributed by atoms with Crippen LogP contribution in [-0.4, -0.2) is 53.4 Å². The van der Waals surface area contributed by atoms with Crippen LogP contribution >= 0.6 is 0 Å². The summed E-state index contributed by atoms with van der Waals surface area (Å²) in [6, 6.07) is 2.32. The van der Waals surface area contributed by atoms with Crippen molar-refractivity contribution in [2.24, 2.45) is 5.92 Å². The summed E-state index contributed by atoms with van der Waals surface area (Å²) in [5, 5.41) is 4.95. The van der Waals surface area contributed by atoms with E-state index in [4.69, 9.17) is 0 Å². The maximum atomic E-state index is 14.9. The zero-order valence-electron chi connectivity index (χ0n) is 20.4. The van der Waals surface area contributed by atoms with Gasteiger partial charge in [0.2, 0.25) is 0 Å². The van der Waals surface area contributed by atoms with Crippen LogP contribution in [0.25, 0.3) is 16.6 Å². The number of rotatable bonds is 6. The molecule has 190 valence electrons. The summed E-state index contributed by atoms with van der Waals surface area (Å²) in [5.74, 6) is -1.25. The number of pyridine rings is 1. The van der Waals surface area contributed by atoms with Gasteiger partial charge >= 0.3 is 6.18 Å². The fourth-order valence-corrected chi connectivity index (χ4v) is 4.77. The first-order valence-electron chi connectivity index (χ1n) is 11.8. The van der Waals surface area contributed by atoms with Gasteiger partial charge in [-0.3, -0.25) is 0 Å². The van der Waals surface area contributed by atoms with Crippen LogP contribution in [0.4, 0.5) is 27.8 Å². The SMILES string of the molecule is Cc1c(F)c(-n2nc(C)c3cc(N4CCC(CCCN(C)C)CC4)ncc32)cc(C(F)(F)F)c1F. The molecule has 2 aromatic heterocycles. The van der Waals surface area contributed by atoms with Gasteiger partial charge < -0.3 is 9.80 Å². The molecule has 0 spiro atoms. The molecule has 0 radical (unpaired) electrons. The number of piperidine rings is 1. The van der Waals surface area contributed by atoms with Gasteiger partial charge in [0.05, 0.1) is 23.0 Å². The van der Waals surface area contributed by atoms with Gasteiger partial charge in [-0.25, -0.2) is 18.4 Å². The van der Waals surface area contributed by atoms with Gasteiger partial charge in [0, 0.05) is 24.0 Å². The van der Waals surface area contributed by atoms with Crippen molar-refractivity contribution >= 4 is 16.7 Å². The molecule has 1 fully saturated rings. The highest BCUT2D eigenvalue weighted by molar-refractivity contribution is 5.85. The average Bonchev–Trinajstić information content (AvgIpc) is 3.12. The maximum absolute atomic E-state index is 14.9. The molecule has 35 heavy (non-hydrogen) atoms. The van der Waals surface area contributed by atoms with Gasteiger partial charge in [0.25, 0.3) is 0 Å². The third kappa shape index (κ3) is 5.12. The summed E-state index contributed by atoms with van der Waals surface area (Å²) in [7, 11) is 4.16. The molecule has 0 N–H and O–H groups in total. The zero-order valence-corrected chi connectivity index (χ0v) is 20.4. The maximum Gasteiger partial charge on any atom is 0.419 e. The quantitative estimate of drug-likeness (QED) is 0.400. The standard InChI is InChI=1S/C25H30F5N5/c1-15-23(26)19(25(28,29)30)13-20(24(15)27)35-21-14-31-22(12-18(21)16(2)32-35)34-10-7-17(8-11-34)6-5-9-33(3)4/h12-14,17H,5-11H2,1-4H3. The Hall–Kier alpha value is -2.75. The molecule has 1 aromatic carbocycles. The number of hydrogen-bond donors (Lipinski definition) is 0. The van der Waals surface area contributed by atoms with Crippen LogP contribution in [-0.2, 0) is 6.18 Å². The van der Waals surface area contributed by atoms with Crippen LogP contribution in [0, 0.1) is 31.4 Å². The van der Waals surface area contributed by atoms with Gasteiger partial charge in [-0.15, -0.1) is 0 Å². The Balaban J connectivity index is 1.61. The van der Waals surface area contributed by atoms with Crippen LogP contribution in [0.5, 0.6) is 0 Å². The Kier molecular flexibility index (Phi) is 7.04. The van der Waals surface area contributed by atoms with Crippen LogP contribution in [0.1, 0.15) is 42.5 Å². The number of benzene rings is 1. The fraction of sp³-hybridized carbons (Fsp3) is 0.520. The summed E-state index contributed by atoms with van der Waals surface area (Å²) in [4.78, 5) is 8.91. The fourth-order valence-electron chi connectivity index (χ4n) is 4.77. The highest BCUT2D eigenvalue weighted by atomic mass is 19.4. The van der Waals surface area contributed by atoms with Crippen LogP contribution in [0.2, 0.25) is 0 Å². The molecule has 5 nitrogen and oxygen atoms in total. The van der Waals surface area contributed by atoms with Gasteiger partial charge in [0.1, 0.15) is 17.3 Å². The lowest BCUT2D eigenvalue weighted by molar-refractivity contribution is -0.140. The largest absolute Gasteiger partial charge is 0.419 e. The van der Waals surface area contributed by atoms with Crippen molar-refractivity contribution in [3.63, 3.8) is 0 Å². The minimum absolute atomic E-state index is 0.364. The molecule has 1 saturated heterocycles.